The summed E-state index contributed by atoms with van der Waals surface area (Å²) in [5.74, 6) is -0.736. The molecule has 0 aliphatic carbocycles. The van der Waals surface area contributed by atoms with Crippen molar-refractivity contribution in [2.24, 2.45) is 0 Å². The van der Waals surface area contributed by atoms with Gasteiger partial charge in [0.05, 0.1) is 6.42 Å². The molecule has 0 aliphatic heterocycles. The first kappa shape index (κ1) is 11.2. The molecule has 1 rings (SSSR count). The van der Waals surface area contributed by atoms with Gasteiger partial charge in [0.2, 0.25) is 0 Å². The molecular formula is C10H15NO2S. The second-order valence-corrected chi connectivity index (χ2v) is 4.41. The highest BCUT2D eigenvalue weighted by Crippen LogP contribution is 2.17. The van der Waals surface area contributed by atoms with Crippen molar-refractivity contribution in [1.29, 1.82) is 0 Å². The number of thiophene rings is 1. The molecular weight excluding hydrogens is 198 g/mol. The van der Waals surface area contributed by atoms with Gasteiger partial charge in [-0.3, -0.25) is 4.79 Å². The van der Waals surface area contributed by atoms with Crippen LogP contribution in [0.25, 0.3) is 0 Å². The van der Waals surface area contributed by atoms with Crippen molar-refractivity contribution in [2.75, 3.05) is 13.6 Å². The van der Waals surface area contributed by atoms with Crippen LogP contribution in [0.1, 0.15) is 16.9 Å². The average Bonchev–Trinajstić information content (AvgIpc) is 2.49. The molecule has 0 saturated heterocycles. The predicted molar refractivity (Wildman–Crippen MR) is 57.6 cm³/mol. The van der Waals surface area contributed by atoms with Crippen molar-refractivity contribution in [2.45, 2.75) is 19.9 Å². The highest BCUT2D eigenvalue weighted by Gasteiger charge is 2.05. The molecule has 14 heavy (non-hydrogen) atoms. The molecule has 4 heteroatoms. The van der Waals surface area contributed by atoms with Gasteiger partial charge in [0, 0.05) is 18.0 Å². The summed E-state index contributed by atoms with van der Waals surface area (Å²) in [7, 11) is 1.95. The molecule has 0 radical (unpaired) electrons. The van der Waals surface area contributed by atoms with Gasteiger partial charge in [-0.15, -0.1) is 11.3 Å². The van der Waals surface area contributed by atoms with E-state index in [1.165, 1.54) is 10.4 Å². The highest BCUT2D eigenvalue weighted by atomic mass is 32.1. The first-order chi connectivity index (χ1) is 6.59. The molecule has 0 fully saturated rings. The van der Waals surface area contributed by atoms with Crippen molar-refractivity contribution >= 4 is 17.3 Å². The van der Waals surface area contributed by atoms with Crippen LogP contribution >= 0.6 is 11.3 Å². The van der Waals surface area contributed by atoms with Crippen LogP contribution in [-0.2, 0) is 11.3 Å². The lowest BCUT2D eigenvalue weighted by Crippen LogP contribution is -2.21. The Labute approximate surface area is 88.0 Å². The Hall–Kier alpha value is -0.870. The number of carboxylic acids is 1. The van der Waals surface area contributed by atoms with Gasteiger partial charge in [0.25, 0.3) is 0 Å². The Balaban J connectivity index is 2.37. The van der Waals surface area contributed by atoms with Crippen LogP contribution in [0.2, 0.25) is 0 Å². The van der Waals surface area contributed by atoms with Gasteiger partial charge in [-0.05, 0) is 31.0 Å². The zero-order chi connectivity index (χ0) is 10.6. The number of aryl methyl sites for hydroxylation is 1. The van der Waals surface area contributed by atoms with E-state index in [1.807, 2.05) is 11.9 Å². The van der Waals surface area contributed by atoms with E-state index in [2.05, 4.69) is 18.4 Å². The molecule has 0 aromatic carbocycles. The van der Waals surface area contributed by atoms with Crippen LogP contribution in [0.3, 0.4) is 0 Å². The number of aliphatic carboxylic acids is 1. The fourth-order valence-corrected chi connectivity index (χ4v) is 2.16. The largest absolute Gasteiger partial charge is 0.481 e. The summed E-state index contributed by atoms with van der Waals surface area (Å²) >= 11 is 1.72. The van der Waals surface area contributed by atoms with Gasteiger partial charge in [-0.2, -0.15) is 0 Å². The highest BCUT2D eigenvalue weighted by molar-refractivity contribution is 7.10. The van der Waals surface area contributed by atoms with E-state index in [4.69, 9.17) is 5.11 Å². The van der Waals surface area contributed by atoms with Crippen molar-refractivity contribution in [3.05, 3.63) is 21.9 Å². The number of nitrogens with zero attached hydrogens (tertiary/aromatic N) is 1. The molecule has 0 unspecified atom stereocenters. The zero-order valence-electron chi connectivity index (χ0n) is 8.49. The standard InChI is InChI=1S/C10H15NO2S/c1-8-4-6-14-9(8)7-11(2)5-3-10(12)13/h4,6H,3,5,7H2,1-2H3,(H,12,13). The summed E-state index contributed by atoms with van der Waals surface area (Å²) in [6.45, 7) is 3.53. The number of hydrogen-bond acceptors (Lipinski definition) is 3. The van der Waals surface area contributed by atoms with Gasteiger partial charge in [-0.25, -0.2) is 0 Å². The third-order valence-electron chi connectivity index (χ3n) is 2.09. The molecule has 0 amide bonds. The molecule has 0 atom stereocenters. The molecule has 0 saturated carbocycles. The minimum absolute atomic E-state index is 0.209. The summed E-state index contributed by atoms with van der Waals surface area (Å²) in [5, 5.41) is 10.6. The Morgan fingerprint density at radius 3 is 2.86 bits per heavy atom. The second-order valence-electron chi connectivity index (χ2n) is 3.41. The Morgan fingerprint density at radius 2 is 2.36 bits per heavy atom. The topological polar surface area (TPSA) is 40.5 Å². The number of rotatable bonds is 5. The molecule has 78 valence electrons. The average molecular weight is 213 g/mol. The van der Waals surface area contributed by atoms with Crippen molar-refractivity contribution in [1.82, 2.24) is 4.90 Å². The maximum atomic E-state index is 10.3. The molecule has 0 bridgehead atoms. The van der Waals surface area contributed by atoms with Gasteiger partial charge >= 0.3 is 5.97 Å². The summed E-state index contributed by atoms with van der Waals surface area (Å²) < 4.78 is 0. The smallest absolute Gasteiger partial charge is 0.304 e. The normalized spacial score (nSPS) is 10.8. The number of carboxylic acid groups (broad SMARTS) is 1. The summed E-state index contributed by atoms with van der Waals surface area (Å²) in [6, 6.07) is 2.09. The van der Waals surface area contributed by atoms with Gasteiger partial charge in [-0.1, -0.05) is 0 Å². The number of hydrogen-bond donors (Lipinski definition) is 1. The lowest BCUT2D eigenvalue weighted by Gasteiger charge is -2.14. The van der Waals surface area contributed by atoms with E-state index in [0.29, 0.717) is 6.54 Å². The van der Waals surface area contributed by atoms with Gasteiger partial charge in [0.1, 0.15) is 0 Å². The lowest BCUT2D eigenvalue weighted by molar-refractivity contribution is -0.137. The van der Waals surface area contributed by atoms with E-state index in [0.717, 1.165) is 6.54 Å². The monoisotopic (exact) mass is 213 g/mol. The Kier molecular flexibility index (Phi) is 4.10. The molecule has 3 nitrogen and oxygen atoms in total. The summed E-state index contributed by atoms with van der Waals surface area (Å²) in [4.78, 5) is 13.7. The minimum Gasteiger partial charge on any atom is -0.481 e. The molecule has 0 spiro atoms. The quantitative estimate of drug-likeness (QED) is 0.813. The fraction of sp³-hybridized carbons (Fsp3) is 0.500. The third-order valence-corrected chi connectivity index (χ3v) is 3.10. The Morgan fingerprint density at radius 1 is 1.64 bits per heavy atom. The zero-order valence-corrected chi connectivity index (χ0v) is 9.30. The van der Waals surface area contributed by atoms with E-state index in [1.54, 1.807) is 11.3 Å². The molecule has 1 aromatic rings. The maximum Gasteiger partial charge on any atom is 0.304 e. The molecule has 1 heterocycles. The predicted octanol–water partition coefficient (Wildman–Crippen LogP) is 1.96. The summed E-state index contributed by atoms with van der Waals surface area (Å²) in [6.07, 6.45) is 0.209. The third kappa shape index (κ3) is 3.47. The van der Waals surface area contributed by atoms with Gasteiger partial charge in [0.15, 0.2) is 0 Å². The second kappa shape index (κ2) is 5.12. The SMILES string of the molecule is Cc1ccsc1CN(C)CCC(=O)O. The van der Waals surface area contributed by atoms with E-state index >= 15 is 0 Å². The van der Waals surface area contributed by atoms with Crippen molar-refractivity contribution in [3.8, 4) is 0 Å². The minimum atomic E-state index is -0.736. The molecule has 0 aliphatic rings. The van der Waals surface area contributed by atoms with Gasteiger partial charge < -0.3 is 10.0 Å². The van der Waals surface area contributed by atoms with Crippen LogP contribution in [-0.4, -0.2) is 29.6 Å². The lowest BCUT2D eigenvalue weighted by atomic mass is 10.3. The number of carbonyl (C=O) groups is 1. The van der Waals surface area contributed by atoms with E-state index in [9.17, 15) is 4.79 Å². The first-order valence-electron chi connectivity index (χ1n) is 4.53. The molecule has 1 N–H and O–H groups in total. The Bertz CT molecular complexity index is 309. The fourth-order valence-electron chi connectivity index (χ4n) is 1.18. The summed E-state index contributed by atoms with van der Waals surface area (Å²) in [5.41, 5.74) is 1.29. The van der Waals surface area contributed by atoms with Crippen molar-refractivity contribution in [3.63, 3.8) is 0 Å². The maximum absolute atomic E-state index is 10.3. The van der Waals surface area contributed by atoms with Crippen LogP contribution in [0.4, 0.5) is 0 Å². The molecule has 1 aromatic heterocycles. The van der Waals surface area contributed by atoms with Crippen LogP contribution < -0.4 is 0 Å². The van der Waals surface area contributed by atoms with E-state index < -0.39 is 5.97 Å². The van der Waals surface area contributed by atoms with Crippen LogP contribution in [0.15, 0.2) is 11.4 Å². The van der Waals surface area contributed by atoms with Crippen LogP contribution in [0.5, 0.6) is 0 Å². The first-order valence-corrected chi connectivity index (χ1v) is 5.41. The van der Waals surface area contributed by atoms with Crippen LogP contribution in [0, 0.1) is 6.92 Å². The van der Waals surface area contributed by atoms with Crippen molar-refractivity contribution < 1.29 is 9.90 Å². The van der Waals surface area contributed by atoms with E-state index in [-0.39, 0.29) is 6.42 Å².